The van der Waals surface area contributed by atoms with Crippen molar-refractivity contribution in [3.63, 3.8) is 0 Å². The highest BCUT2D eigenvalue weighted by atomic mass is 19.2. The van der Waals surface area contributed by atoms with Crippen molar-refractivity contribution in [1.29, 1.82) is 0 Å². The van der Waals surface area contributed by atoms with Gasteiger partial charge in [-0.05, 0) is 75.3 Å². The molecule has 1 aromatic rings. The van der Waals surface area contributed by atoms with Crippen LogP contribution in [0.25, 0.3) is 0 Å². The van der Waals surface area contributed by atoms with Gasteiger partial charge < -0.3 is 4.74 Å². The first-order chi connectivity index (χ1) is 13.6. The van der Waals surface area contributed by atoms with Gasteiger partial charge in [-0.1, -0.05) is 44.4 Å². The second-order valence-corrected chi connectivity index (χ2v) is 8.62. The molecule has 0 saturated heterocycles. The third-order valence-electron chi connectivity index (χ3n) is 6.78. The van der Waals surface area contributed by atoms with Crippen LogP contribution in [0.15, 0.2) is 12.1 Å². The normalized spacial score (nSPS) is 27.7. The fourth-order valence-electron chi connectivity index (χ4n) is 5.17. The SMILES string of the molecule is CCCC1CCC(C2CCC(C#Cc3ccc(OCC)c(F)c3F)CC2)CC1. The molecule has 2 fully saturated rings. The van der Waals surface area contributed by atoms with E-state index in [0.29, 0.717) is 12.5 Å². The fraction of sp³-hybridized carbons (Fsp3) is 0.680. The minimum atomic E-state index is -0.934. The Morgan fingerprint density at radius 2 is 1.54 bits per heavy atom. The first-order valence-corrected chi connectivity index (χ1v) is 11.2. The Morgan fingerprint density at radius 3 is 2.14 bits per heavy atom. The number of hydrogen-bond acceptors (Lipinski definition) is 1. The van der Waals surface area contributed by atoms with E-state index in [2.05, 4.69) is 18.8 Å². The van der Waals surface area contributed by atoms with E-state index in [9.17, 15) is 8.78 Å². The van der Waals surface area contributed by atoms with Gasteiger partial charge in [0, 0.05) is 5.92 Å². The van der Waals surface area contributed by atoms with Crippen LogP contribution >= 0.6 is 0 Å². The van der Waals surface area contributed by atoms with E-state index in [0.717, 1.165) is 30.6 Å². The zero-order chi connectivity index (χ0) is 19.9. The molecule has 2 aliphatic rings. The Bertz CT molecular complexity index is 686. The van der Waals surface area contributed by atoms with Gasteiger partial charge in [0.2, 0.25) is 5.82 Å². The highest BCUT2D eigenvalue weighted by molar-refractivity contribution is 5.41. The average molecular weight is 389 g/mol. The molecule has 0 N–H and O–H groups in total. The summed E-state index contributed by atoms with van der Waals surface area (Å²) in [6.07, 6.45) is 13.0. The number of benzene rings is 1. The van der Waals surface area contributed by atoms with Crippen molar-refractivity contribution in [3.8, 4) is 17.6 Å². The van der Waals surface area contributed by atoms with E-state index in [4.69, 9.17) is 4.74 Å². The molecule has 3 heteroatoms. The molecule has 0 aliphatic heterocycles. The quantitative estimate of drug-likeness (QED) is 0.488. The Hall–Kier alpha value is -1.56. The van der Waals surface area contributed by atoms with Crippen LogP contribution in [-0.4, -0.2) is 6.61 Å². The van der Waals surface area contributed by atoms with Crippen LogP contribution in [0, 0.1) is 47.1 Å². The summed E-state index contributed by atoms with van der Waals surface area (Å²) in [5, 5.41) is 0. The standard InChI is InChI=1S/C25H34F2O/c1-3-5-18-6-11-20(12-7-18)21-13-8-19(9-14-21)10-15-22-16-17-23(28-4-2)25(27)24(22)26/h16-21H,3-9,11-14H2,1-2H3. The van der Waals surface area contributed by atoms with Crippen molar-refractivity contribution < 1.29 is 13.5 Å². The van der Waals surface area contributed by atoms with E-state index in [-0.39, 0.29) is 11.3 Å². The molecular formula is C25H34F2O. The molecule has 0 unspecified atom stereocenters. The Balaban J connectivity index is 1.51. The predicted molar refractivity (Wildman–Crippen MR) is 110 cm³/mol. The lowest BCUT2D eigenvalue weighted by Crippen LogP contribution is -2.25. The molecule has 0 aromatic heterocycles. The van der Waals surface area contributed by atoms with Crippen LogP contribution in [0.2, 0.25) is 0 Å². The molecule has 2 saturated carbocycles. The zero-order valence-corrected chi connectivity index (χ0v) is 17.4. The highest BCUT2D eigenvalue weighted by Crippen LogP contribution is 2.42. The van der Waals surface area contributed by atoms with E-state index in [1.807, 2.05) is 0 Å². The summed E-state index contributed by atoms with van der Waals surface area (Å²) in [6.45, 7) is 4.35. The summed E-state index contributed by atoms with van der Waals surface area (Å²) in [4.78, 5) is 0. The fourth-order valence-corrected chi connectivity index (χ4v) is 5.17. The first-order valence-electron chi connectivity index (χ1n) is 11.2. The second-order valence-electron chi connectivity index (χ2n) is 8.62. The smallest absolute Gasteiger partial charge is 0.201 e. The predicted octanol–water partition coefficient (Wildman–Crippen LogP) is 7.13. The largest absolute Gasteiger partial charge is 0.491 e. The van der Waals surface area contributed by atoms with Crippen LogP contribution in [0.4, 0.5) is 8.78 Å². The van der Waals surface area contributed by atoms with Gasteiger partial charge in [-0.3, -0.25) is 0 Å². The maximum Gasteiger partial charge on any atom is 0.201 e. The van der Waals surface area contributed by atoms with E-state index in [1.165, 1.54) is 63.5 Å². The van der Waals surface area contributed by atoms with E-state index < -0.39 is 11.6 Å². The molecule has 0 heterocycles. The van der Waals surface area contributed by atoms with Crippen molar-refractivity contribution in [2.45, 2.75) is 78.1 Å². The molecule has 1 nitrogen and oxygen atoms in total. The van der Waals surface area contributed by atoms with Gasteiger partial charge in [0.1, 0.15) is 0 Å². The summed E-state index contributed by atoms with van der Waals surface area (Å²) in [5.74, 6) is 7.25. The third-order valence-corrected chi connectivity index (χ3v) is 6.78. The summed E-state index contributed by atoms with van der Waals surface area (Å²) in [6, 6.07) is 2.99. The molecule has 154 valence electrons. The molecule has 28 heavy (non-hydrogen) atoms. The van der Waals surface area contributed by atoms with Crippen molar-refractivity contribution in [2.24, 2.45) is 23.7 Å². The summed E-state index contributed by atoms with van der Waals surface area (Å²) in [7, 11) is 0. The molecule has 0 bridgehead atoms. The van der Waals surface area contributed by atoms with Crippen LogP contribution in [0.5, 0.6) is 5.75 Å². The van der Waals surface area contributed by atoms with Crippen LogP contribution in [0.1, 0.15) is 83.6 Å². The molecule has 0 amide bonds. The lowest BCUT2D eigenvalue weighted by molar-refractivity contribution is 0.154. The van der Waals surface area contributed by atoms with Gasteiger partial charge in [-0.2, -0.15) is 4.39 Å². The van der Waals surface area contributed by atoms with Crippen molar-refractivity contribution in [3.05, 3.63) is 29.3 Å². The van der Waals surface area contributed by atoms with Gasteiger partial charge in [-0.15, -0.1) is 0 Å². The summed E-state index contributed by atoms with van der Waals surface area (Å²) in [5.41, 5.74) is 0.136. The Morgan fingerprint density at radius 1 is 0.893 bits per heavy atom. The monoisotopic (exact) mass is 388 g/mol. The molecule has 0 spiro atoms. The lowest BCUT2D eigenvalue weighted by atomic mass is 9.69. The maximum atomic E-state index is 14.2. The van der Waals surface area contributed by atoms with Crippen LogP contribution < -0.4 is 4.74 Å². The number of halogens is 2. The molecule has 0 atom stereocenters. The molecule has 3 rings (SSSR count). The molecule has 1 aromatic carbocycles. The average Bonchev–Trinajstić information content (AvgIpc) is 2.72. The molecular weight excluding hydrogens is 354 g/mol. The minimum absolute atomic E-state index is 0.0419. The Kier molecular flexibility index (Phi) is 7.77. The van der Waals surface area contributed by atoms with Gasteiger partial charge in [0.15, 0.2) is 11.6 Å². The van der Waals surface area contributed by atoms with Gasteiger partial charge in [-0.25, -0.2) is 4.39 Å². The van der Waals surface area contributed by atoms with Gasteiger partial charge in [0.05, 0.1) is 12.2 Å². The minimum Gasteiger partial charge on any atom is -0.491 e. The number of ether oxygens (including phenoxy) is 1. The van der Waals surface area contributed by atoms with Crippen LogP contribution in [-0.2, 0) is 0 Å². The van der Waals surface area contributed by atoms with Crippen LogP contribution in [0.3, 0.4) is 0 Å². The molecule has 0 radical (unpaired) electrons. The van der Waals surface area contributed by atoms with Gasteiger partial charge in [0.25, 0.3) is 0 Å². The topological polar surface area (TPSA) is 9.23 Å². The van der Waals surface area contributed by atoms with Crippen molar-refractivity contribution >= 4 is 0 Å². The van der Waals surface area contributed by atoms with E-state index >= 15 is 0 Å². The zero-order valence-electron chi connectivity index (χ0n) is 17.4. The Labute approximate surface area is 169 Å². The number of rotatable bonds is 5. The maximum absolute atomic E-state index is 14.2. The van der Waals surface area contributed by atoms with Gasteiger partial charge >= 0.3 is 0 Å². The third kappa shape index (κ3) is 5.28. The summed E-state index contributed by atoms with van der Waals surface area (Å²) < 4.78 is 33.2. The lowest BCUT2D eigenvalue weighted by Gasteiger charge is -2.37. The number of hydrogen-bond donors (Lipinski definition) is 0. The first kappa shape index (κ1) is 21.2. The van der Waals surface area contributed by atoms with E-state index in [1.54, 1.807) is 6.92 Å². The second kappa shape index (κ2) is 10.3. The van der Waals surface area contributed by atoms with Crippen molar-refractivity contribution in [1.82, 2.24) is 0 Å². The van der Waals surface area contributed by atoms with Crippen molar-refractivity contribution in [2.75, 3.05) is 6.61 Å². The molecule has 2 aliphatic carbocycles. The summed E-state index contributed by atoms with van der Waals surface area (Å²) >= 11 is 0. The highest BCUT2D eigenvalue weighted by Gasteiger charge is 2.30.